The summed E-state index contributed by atoms with van der Waals surface area (Å²) < 4.78 is 0. The van der Waals surface area contributed by atoms with Crippen LogP contribution < -0.4 is 11.1 Å². The zero-order chi connectivity index (χ0) is 15.5. The van der Waals surface area contributed by atoms with Gasteiger partial charge in [-0.3, -0.25) is 4.79 Å². The van der Waals surface area contributed by atoms with Crippen molar-refractivity contribution in [2.24, 2.45) is 11.7 Å². The van der Waals surface area contributed by atoms with Gasteiger partial charge in [0.2, 0.25) is 5.91 Å². The quantitative estimate of drug-likeness (QED) is 0.836. The van der Waals surface area contributed by atoms with E-state index in [0.29, 0.717) is 0 Å². The highest BCUT2D eigenvalue weighted by molar-refractivity contribution is 5.86. The Balaban J connectivity index is 1.97. The van der Waals surface area contributed by atoms with E-state index in [4.69, 9.17) is 5.73 Å². The molecule has 1 amide bonds. The fourth-order valence-electron chi connectivity index (χ4n) is 4.19. The Kier molecular flexibility index (Phi) is 5.31. The van der Waals surface area contributed by atoms with Crippen LogP contribution in [0.3, 0.4) is 0 Å². The molecule has 2 unspecified atom stereocenters. The molecule has 0 heterocycles. The van der Waals surface area contributed by atoms with E-state index in [1.807, 2.05) is 0 Å². The molecule has 2 aliphatic carbocycles. The van der Waals surface area contributed by atoms with Crippen molar-refractivity contribution in [3.8, 4) is 0 Å². The number of likely N-dealkylation sites (N-methyl/N-ethyl adjacent to an activating group) is 1. The number of carbonyl (C=O) groups is 1. The van der Waals surface area contributed by atoms with Gasteiger partial charge in [-0.25, -0.2) is 0 Å². The Morgan fingerprint density at radius 1 is 1.19 bits per heavy atom. The zero-order valence-electron chi connectivity index (χ0n) is 14.1. The van der Waals surface area contributed by atoms with Gasteiger partial charge < -0.3 is 16.0 Å². The summed E-state index contributed by atoms with van der Waals surface area (Å²) >= 11 is 0. The summed E-state index contributed by atoms with van der Waals surface area (Å²) in [7, 11) is 4.28. The third kappa shape index (κ3) is 3.78. The van der Waals surface area contributed by atoms with Crippen LogP contribution in [0.5, 0.6) is 0 Å². The topological polar surface area (TPSA) is 58.4 Å². The molecular formula is C17H33N3O. The van der Waals surface area contributed by atoms with Crippen LogP contribution in [0.15, 0.2) is 0 Å². The summed E-state index contributed by atoms with van der Waals surface area (Å²) in [4.78, 5) is 14.9. The number of amides is 1. The average Bonchev–Trinajstić information content (AvgIpc) is 2.45. The van der Waals surface area contributed by atoms with E-state index in [1.54, 1.807) is 0 Å². The number of rotatable bonds is 4. The maximum Gasteiger partial charge on any atom is 0.240 e. The predicted octanol–water partition coefficient (Wildman–Crippen LogP) is 2.27. The van der Waals surface area contributed by atoms with E-state index in [0.717, 1.165) is 44.6 Å². The Morgan fingerprint density at radius 3 is 2.43 bits per heavy atom. The van der Waals surface area contributed by atoms with Crippen LogP contribution in [0.1, 0.15) is 64.7 Å². The number of nitrogens with two attached hydrogens (primary N) is 1. The van der Waals surface area contributed by atoms with Crippen molar-refractivity contribution in [2.75, 3.05) is 20.6 Å². The van der Waals surface area contributed by atoms with Gasteiger partial charge in [-0.05, 0) is 45.7 Å². The number of hydrogen-bond acceptors (Lipinski definition) is 3. The molecule has 2 atom stereocenters. The first kappa shape index (κ1) is 16.8. The fourth-order valence-corrected chi connectivity index (χ4v) is 4.19. The van der Waals surface area contributed by atoms with Gasteiger partial charge in [-0.15, -0.1) is 0 Å². The van der Waals surface area contributed by atoms with Gasteiger partial charge in [0.25, 0.3) is 0 Å². The second kappa shape index (κ2) is 6.66. The predicted molar refractivity (Wildman–Crippen MR) is 87.1 cm³/mol. The van der Waals surface area contributed by atoms with Gasteiger partial charge in [-0.1, -0.05) is 39.0 Å². The van der Waals surface area contributed by atoms with E-state index in [9.17, 15) is 4.79 Å². The molecule has 4 heteroatoms. The lowest BCUT2D eigenvalue weighted by molar-refractivity contribution is -0.128. The van der Waals surface area contributed by atoms with Gasteiger partial charge >= 0.3 is 0 Å². The van der Waals surface area contributed by atoms with Crippen LogP contribution in [-0.2, 0) is 4.79 Å². The second-order valence-corrected chi connectivity index (χ2v) is 7.72. The zero-order valence-corrected chi connectivity index (χ0v) is 14.1. The first-order chi connectivity index (χ1) is 9.88. The summed E-state index contributed by atoms with van der Waals surface area (Å²) in [5.41, 5.74) is 5.83. The molecule has 2 fully saturated rings. The van der Waals surface area contributed by atoms with Crippen LogP contribution in [0.4, 0.5) is 0 Å². The average molecular weight is 295 g/mol. The largest absolute Gasteiger partial charge is 0.353 e. The maximum absolute atomic E-state index is 12.6. The minimum atomic E-state index is -0.619. The normalized spacial score (nSPS) is 32.9. The lowest BCUT2D eigenvalue weighted by atomic mass is 9.75. The lowest BCUT2D eigenvalue weighted by Gasteiger charge is -2.46. The standard InChI is InChI=1S/C17H33N3O/c1-14-8-7-9-16(12-14,20(2)3)13-19-15(21)17(18)10-5-4-6-11-17/h14H,4-13,18H2,1-3H3,(H,19,21). The Bertz CT molecular complexity index is 363. The monoisotopic (exact) mass is 295 g/mol. The minimum Gasteiger partial charge on any atom is -0.353 e. The number of nitrogens with one attached hydrogen (secondary N) is 1. The van der Waals surface area contributed by atoms with Crippen LogP contribution in [0, 0.1) is 5.92 Å². The van der Waals surface area contributed by atoms with Crippen LogP contribution in [0.2, 0.25) is 0 Å². The number of carbonyl (C=O) groups excluding carboxylic acids is 1. The van der Waals surface area contributed by atoms with Crippen molar-refractivity contribution in [2.45, 2.75) is 75.8 Å². The van der Waals surface area contributed by atoms with Gasteiger partial charge in [0, 0.05) is 12.1 Å². The molecular weight excluding hydrogens is 262 g/mol. The Hall–Kier alpha value is -0.610. The van der Waals surface area contributed by atoms with E-state index in [1.165, 1.54) is 25.7 Å². The number of nitrogens with zero attached hydrogens (tertiary/aromatic N) is 1. The maximum atomic E-state index is 12.6. The molecule has 21 heavy (non-hydrogen) atoms. The third-order valence-corrected chi connectivity index (χ3v) is 5.79. The van der Waals surface area contributed by atoms with Crippen molar-refractivity contribution in [3.63, 3.8) is 0 Å². The van der Waals surface area contributed by atoms with Crippen LogP contribution in [-0.4, -0.2) is 42.5 Å². The SMILES string of the molecule is CC1CCCC(CNC(=O)C2(N)CCCCC2)(N(C)C)C1. The molecule has 2 rings (SSSR count). The Morgan fingerprint density at radius 2 is 1.86 bits per heavy atom. The smallest absolute Gasteiger partial charge is 0.240 e. The second-order valence-electron chi connectivity index (χ2n) is 7.72. The first-order valence-corrected chi connectivity index (χ1v) is 8.63. The highest BCUT2D eigenvalue weighted by Gasteiger charge is 2.40. The molecule has 0 aromatic heterocycles. The summed E-state index contributed by atoms with van der Waals surface area (Å²) in [5.74, 6) is 0.807. The number of hydrogen-bond donors (Lipinski definition) is 2. The molecule has 0 bridgehead atoms. The van der Waals surface area contributed by atoms with Crippen molar-refractivity contribution in [1.29, 1.82) is 0 Å². The fraction of sp³-hybridized carbons (Fsp3) is 0.941. The molecule has 4 nitrogen and oxygen atoms in total. The van der Waals surface area contributed by atoms with Gasteiger partial charge in [-0.2, -0.15) is 0 Å². The van der Waals surface area contributed by atoms with Crippen molar-refractivity contribution in [3.05, 3.63) is 0 Å². The molecule has 0 radical (unpaired) electrons. The summed E-state index contributed by atoms with van der Waals surface area (Å²) in [6, 6.07) is 0. The van der Waals surface area contributed by atoms with Gasteiger partial charge in [0.1, 0.15) is 0 Å². The molecule has 2 aliphatic rings. The highest BCUT2D eigenvalue weighted by atomic mass is 16.2. The van der Waals surface area contributed by atoms with E-state index in [-0.39, 0.29) is 11.4 Å². The third-order valence-electron chi connectivity index (χ3n) is 5.79. The molecule has 0 aliphatic heterocycles. The summed E-state index contributed by atoms with van der Waals surface area (Å²) in [5, 5.41) is 3.20. The van der Waals surface area contributed by atoms with Gasteiger partial charge in [0.15, 0.2) is 0 Å². The van der Waals surface area contributed by atoms with E-state index in [2.05, 4.69) is 31.2 Å². The first-order valence-electron chi connectivity index (χ1n) is 8.63. The van der Waals surface area contributed by atoms with Crippen molar-refractivity contribution >= 4 is 5.91 Å². The highest BCUT2D eigenvalue weighted by Crippen LogP contribution is 2.35. The summed E-state index contributed by atoms with van der Waals surface area (Å²) in [6.45, 7) is 3.06. The molecule has 0 spiro atoms. The minimum absolute atomic E-state index is 0.0710. The van der Waals surface area contributed by atoms with Crippen LogP contribution in [0.25, 0.3) is 0 Å². The summed E-state index contributed by atoms with van der Waals surface area (Å²) in [6.07, 6.45) is 9.95. The molecule has 122 valence electrons. The Labute approximate surface area is 129 Å². The van der Waals surface area contributed by atoms with Crippen LogP contribution >= 0.6 is 0 Å². The molecule has 0 aromatic rings. The molecule has 0 saturated heterocycles. The van der Waals surface area contributed by atoms with Gasteiger partial charge in [0.05, 0.1) is 5.54 Å². The lowest BCUT2D eigenvalue weighted by Crippen LogP contribution is -2.60. The molecule has 3 N–H and O–H groups in total. The molecule has 0 aromatic carbocycles. The van der Waals surface area contributed by atoms with E-state index < -0.39 is 5.54 Å². The van der Waals surface area contributed by atoms with Crippen molar-refractivity contribution in [1.82, 2.24) is 10.2 Å². The van der Waals surface area contributed by atoms with E-state index >= 15 is 0 Å². The van der Waals surface area contributed by atoms with Crippen molar-refractivity contribution < 1.29 is 4.79 Å². The molecule has 2 saturated carbocycles.